The fourth-order valence-electron chi connectivity index (χ4n) is 3.35. The molecule has 0 aromatic heterocycles. The molecule has 2 fully saturated rings. The summed E-state index contributed by atoms with van der Waals surface area (Å²) in [4.78, 5) is 0. The number of epoxide rings is 2. The first-order valence-electron chi connectivity index (χ1n) is 10.9. The van der Waals surface area contributed by atoms with Crippen LogP contribution in [0.3, 0.4) is 0 Å². The van der Waals surface area contributed by atoms with Crippen molar-refractivity contribution in [2.24, 2.45) is 0 Å². The number of hydrogen-bond acceptors (Lipinski definition) is 9. The third-order valence-corrected chi connectivity index (χ3v) is 8.12. The molecule has 178 valence electrons. The molecule has 30 heavy (non-hydrogen) atoms. The van der Waals surface area contributed by atoms with Gasteiger partial charge in [0.15, 0.2) is 0 Å². The second-order valence-electron chi connectivity index (χ2n) is 7.70. The zero-order chi connectivity index (χ0) is 21.9. The van der Waals surface area contributed by atoms with Gasteiger partial charge >= 0.3 is 14.5 Å². The van der Waals surface area contributed by atoms with Crippen LogP contribution in [0, 0.1) is 0 Å². The smallest absolute Gasteiger partial charge is 0.335 e. The zero-order valence-corrected chi connectivity index (χ0v) is 20.2. The highest BCUT2D eigenvalue weighted by Gasteiger charge is 2.46. The van der Waals surface area contributed by atoms with Gasteiger partial charge in [-0.05, 0) is 38.8 Å². The highest BCUT2D eigenvalue weighted by molar-refractivity contribution is 6.66. The van der Waals surface area contributed by atoms with E-state index in [1.165, 1.54) is 0 Å². The van der Waals surface area contributed by atoms with Gasteiger partial charge in [-0.25, -0.2) is 0 Å². The van der Waals surface area contributed by atoms with Crippen LogP contribution in [0.4, 0.5) is 0 Å². The number of hydrogen-bond donors (Lipinski definition) is 0. The van der Waals surface area contributed by atoms with Crippen molar-refractivity contribution < 1.29 is 42.0 Å². The predicted molar refractivity (Wildman–Crippen MR) is 112 cm³/mol. The van der Waals surface area contributed by atoms with Crippen molar-refractivity contribution in [3.05, 3.63) is 0 Å². The Morgan fingerprint density at radius 1 is 0.933 bits per heavy atom. The van der Waals surface area contributed by atoms with Gasteiger partial charge in [0.25, 0.3) is 0 Å². The lowest BCUT2D eigenvalue weighted by Crippen LogP contribution is -2.55. The molecule has 0 spiro atoms. The van der Waals surface area contributed by atoms with E-state index in [2.05, 4.69) is 6.55 Å². The van der Waals surface area contributed by atoms with Gasteiger partial charge in [0.1, 0.15) is 18.3 Å². The van der Waals surface area contributed by atoms with Crippen LogP contribution in [0.2, 0.25) is 12.6 Å². The van der Waals surface area contributed by atoms with Gasteiger partial charge in [-0.2, -0.15) is 0 Å². The van der Waals surface area contributed by atoms with Gasteiger partial charge in [0, 0.05) is 41.2 Å². The summed E-state index contributed by atoms with van der Waals surface area (Å²) in [5, 5.41) is 0. The van der Waals surface area contributed by atoms with E-state index < -0.39 is 20.6 Å². The Hall–Kier alpha value is -0.143. The van der Waals surface area contributed by atoms with E-state index in [-0.39, 0.29) is 12.2 Å². The van der Waals surface area contributed by atoms with Gasteiger partial charge in [0.05, 0.1) is 26.4 Å². The van der Waals surface area contributed by atoms with Gasteiger partial charge in [-0.15, -0.1) is 0 Å². The highest BCUT2D eigenvalue weighted by Crippen LogP contribution is 2.30. The lowest BCUT2D eigenvalue weighted by molar-refractivity contribution is -0.387. The van der Waals surface area contributed by atoms with E-state index >= 15 is 0 Å². The van der Waals surface area contributed by atoms with Gasteiger partial charge < -0.3 is 42.0 Å². The highest BCUT2D eigenvalue weighted by atomic mass is 28.4. The van der Waals surface area contributed by atoms with Crippen molar-refractivity contribution in [2.75, 3.05) is 67.6 Å². The molecule has 2 heterocycles. The SMILES string of the molecule is CCO[Si](C)(CCCOCC1CO1)OC(CCCOCC1CO1)C(OC)(OC)OC. The normalized spacial score (nSPS) is 23.9. The second kappa shape index (κ2) is 13.4. The first kappa shape index (κ1) is 26.1. The van der Waals surface area contributed by atoms with E-state index in [4.69, 9.17) is 42.0 Å². The van der Waals surface area contributed by atoms with Crippen molar-refractivity contribution in [2.45, 2.75) is 63.1 Å². The van der Waals surface area contributed by atoms with Gasteiger partial charge in [0.2, 0.25) is 0 Å². The Labute approximate surface area is 181 Å². The summed E-state index contributed by atoms with van der Waals surface area (Å²) in [5.74, 6) is -1.30. The first-order chi connectivity index (χ1) is 14.5. The maximum absolute atomic E-state index is 6.58. The molecule has 0 radical (unpaired) electrons. The van der Waals surface area contributed by atoms with Crippen LogP contribution in [-0.2, 0) is 42.0 Å². The molecule has 0 aromatic carbocycles. The van der Waals surface area contributed by atoms with Crippen LogP contribution >= 0.6 is 0 Å². The first-order valence-corrected chi connectivity index (χ1v) is 13.4. The van der Waals surface area contributed by atoms with E-state index in [1.54, 1.807) is 21.3 Å². The average molecular weight is 453 g/mol. The Morgan fingerprint density at radius 2 is 1.47 bits per heavy atom. The molecule has 0 amide bonds. The molecule has 2 rings (SSSR count). The van der Waals surface area contributed by atoms with E-state index in [9.17, 15) is 0 Å². The Bertz CT molecular complexity index is 449. The third kappa shape index (κ3) is 9.15. The predicted octanol–water partition coefficient (Wildman–Crippen LogP) is 2.07. The maximum Gasteiger partial charge on any atom is 0.335 e. The molecule has 4 atom stereocenters. The van der Waals surface area contributed by atoms with Gasteiger partial charge in [-0.3, -0.25) is 0 Å². The average Bonchev–Trinajstić information content (AvgIpc) is 3.64. The molecule has 2 aliphatic heterocycles. The Morgan fingerprint density at radius 3 is 1.93 bits per heavy atom. The van der Waals surface area contributed by atoms with Crippen molar-refractivity contribution in [3.8, 4) is 0 Å². The largest absolute Gasteiger partial charge is 0.395 e. The van der Waals surface area contributed by atoms with E-state index in [0.29, 0.717) is 39.5 Å². The quantitative estimate of drug-likeness (QED) is 0.119. The summed E-state index contributed by atoms with van der Waals surface area (Å²) in [6, 6.07) is 0.797. The summed E-state index contributed by atoms with van der Waals surface area (Å²) in [6.07, 6.45) is 2.35. The minimum atomic E-state index is -2.52. The van der Waals surface area contributed by atoms with E-state index in [0.717, 1.165) is 32.1 Å². The molecule has 0 aliphatic carbocycles. The second-order valence-corrected chi connectivity index (χ2v) is 11.0. The Kier molecular flexibility index (Phi) is 11.7. The van der Waals surface area contributed by atoms with Gasteiger partial charge in [-0.1, -0.05) is 0 Å². The fourth-order valence-corrected chi connectivity index (χ4v) is 5.94. The van der Waals surface area contributed by atoms with Crippen molar-refractivity contribution >= 4 is 8.56 Å². The molecule has 0 N–H and O–H groups in total. The van der Waals surface area contributed by atoms with Crippen LogP contribution < -0.4 is 0 Å². The molecule has 2 aliphatic rings. The fraction of sp³-hybridized carbons (Fsp3) is 1.00. The van der Waals surface area contributed by atoms with Crippen LogP contribution in [-0.4, -0.2) is 100 Å². The topological polar surface area (TPSA) is 89.7 Å². The molecule has 2 saturated heterocycles. The minimum Gasteiger partial charge on any atom is -0.395 e. The van der Waals surface area contributed by atoms with Crippen LogP contribution in [0.15, 0.2) is 0 Å². The molecular formula is C20H40O9Si. The summed E-state index contributed by atoms with van der Waals surface area (Å²) in [6.45, 7) is 8.78. The van der Waals surface area contributed by atoms with E-state index in [1.807, 2.05) is 6.92 Å². The number of ether oxygens (including phenoxy) is 7. The van der Waals surface area contributed by atoms with Crippen LogP contribution in [0.5, 0.6) is 0 Å². The maximum atomic E-state index is 6.58. The molecule has 0 bridgehead atoms. The molecule has 4 unspecified atom stereocenters. The van der Waals surface area contributed by atoms with Crippen LogP contribution in [0.25, 0.3) is 0 Å². The summed E-state index contributed by atoms with van der Waals surface area (Å²) >= 11 is 0. The van der Waals surface area contributed by atoms with Crippen LogP contribution in [0.1, 0.15) is 26.2 Å². The van der Waals surface area contributed by atoms with Crippen molar-refractivity contribution in [3.63, 3.8) is 0 Å². The number of methoxy groups -OCH3 is 3. The molecule has 0 saturated carbocycles. The van der Waals surface area contributed by atoms with Crippen molar-refractivity contribution in [1.29, 1.82) is 0 Å². The molecule has 10 heteroatoms. The Balaban J connectivity index is 1.89. The molecular weight excluding hydrogens is 412 g/mol. The summed E-state index contributed by atoms with van der Waals surface area (Å²) in [5.41, 5.74) is 0. The monoisotopic (exact) mass is 452 g/mol. The summed E-state index contributed by atoms with van der Waals surface area (Å²) < 4.78 is 51.2. The van der Waals surface area contributed by atoms with Crippen molar-refractivity contribution in [1.82, 2.24) is 0 Å². The summed E-state index contributed by atoms with van der Waals surface area (Å²) in [7, 11) is 2.14. The third-order valence-electron chi connectivity index (χ3n) is 5.18. The molecule has 9 nitrogen and oxygen atoms in total. The lowest BCUT2D eigenvalue weighted by Gasteiger charge is -2.40. The standard InChI is InChI=1S/C20H40O9Si/c1-6-28-30(5,12-8-11-25-14-18-16-27-18)29-19(20(21-2,22-3)23-4)9-7-10-24-13-17-15-26-17/h17-19H,6-16H2,1-5H3. The lowest BCUT2D eigenvalue weighted by atomic mass is 10.1. The molecule has 0 aromatic rings. The number of rotatable bonds is 20. The zero-order valence-electron chi connectivity index (χ0n) is 19.2. The minimum absolute atomic E-state index is 0.260.